The zero-order valence-electron chi connectivity index (χ0n) is 11.9. The van der Waals surface area contributed by atoms with E-state index in [2.05, 4.69) is 15.3 Å². The smallest absolute Gasteiger partial charge is 0.339 e. The molecule has 7 heteroatoms. The SMILES string of the molecule is COc1cc(C)nc(Nc2ccc(C(=O)O)c(OC)c2)n1. The Kier molecular flexibility index (Phi) is 4.22. The molecule has 0 saturated heterocycles. The van der Waals surface area contributed by atoms with E-state index in [9.17, 15) is 4.79 Å². The van der Waals surface area contributed by atoms with Crippen LogP contribution in [0.5, 0.6) is 11.6 Å². The molecule has 0 aliphatic rings. The van der Waals surface area contributed by atoms with Gasteiger partial charge in [-0.05, 0) is 19.1 Å². The molecule has 0 radical (unpaired) electrons. The fraction of sp³-hybridized carbons (Fsp3) is 0.214. The molecule has 0 amide bonds. The minimum Gasteiger partial charge on any atom is -0.496 e. The summed E-state index contributed by atoms with van der Waals surface area (Å²) in [6.07, 6.45) is 0. The largest absolute Gasteiger partial charge is 0.496 e. The summed E-state index contributed by atoms with van der Waals surface area (Å²) in [7, 11) is 2.94. The molecule has 0 atom stereocenters. The third-order valence-corrected chi connectivity index (χ3v) is 2.73. The van der Waals surface area contributed by atoms with E-state index < -0.39 is 5.97 Å². The number of benzene rings is 1. The van der Waals surface area contributed by atoms with E-state index >= 15 is 0 Å². The molecule has 0 aliphatic carbocycles. The highest BCUT2D eigenvalue weighted by Gasteiger charge is 2.12. The lowest BCUT2D eigenvalue weighted by Crippen LogP contribution is -2.03. The molecule has 1 aromatic heterocycles. The summed E-state index contributed by atoms with van der Waals surface area (Å²) < 4.78 is 10.1. The Labute approximate surface area is 121 Å². The second-order valence-corrected chi connectivity index (χ2v) is 4.22. The van der Waals surface area contributed by atoms with E-state index in [1.54, 1.807) is 18.2 Å². The van der Waals surface area contributed by atoms with Gasteiger partial charge in [-0.2, -0.15) is 4.98 Å². The molecule has 1 heterocycles. The van der Waals surface area contributed by atoms with Gasteiger partial charge in [0.1, 0.15) is 11.3 Å². The summed E-state index contributed by atoms with van der Waals surface area (Å²) in [6, 6.07) is 6.35. The number of aromatic nitrogens is 2. The second-order valence-electron chi connectivity index (χ2n) is 4.22. The first-order chi connectivity index (χ1) is 10.0. The summed E-state index contributed by atoms with van der Waals surface area (Å²) >= 11 is 0. The Hall–Kier alpha value is -2.83. The van der Waals surface area contributed by atoms with Crippen molar-refractivity contribution in [2.45, 2.75) is 6.92 Å². The van der Waals surface area contributed by atoms with Crippen LogP contribution >= 0.6 is 0 Å². The van der Waals surface area contributed by atoms with Gasteiger partial charge >= 0.3 is 5.97 Å². The van der Waals surface area contributed by atoms with E-state index in [4.69, 9.17) is 14.6 Å². The minimum absolute atomic E-state index is 0.0887. The Morgan fingerprint density at radius 3 is 2.57 bits per heavy atom. The van der Waals surface area contributed by atoms with Crippen molar-refractivity contribution in [3.05, 3.63) is 35.5 Å². The molecule has 2 rings (SSSR count). The average molecular weight is 289 g/mol. The number of aryl methyl sites for hydroxylation is 1. The molecule has 21 heavy (non-hydrogen) atoms. The third-order valence-electron chi connectivity index (χ3n) is 2.73. The molecule has 0 fully saturated rings. The lowest BCUT2D eigenvalue weighted by molar-refractivity contribution is 0.0693. The number of anilines is 2. The number of ether oxygens (including phenoxy) is 2. The van der Waals surface area contributed by atoms with Crippen LogP contribution in [-0.2, 0) is 0 Å². The normalized spacial score (nSPS) is 10.0. The van der Waals surface area contributed by atoms with Crippen LogP contribution in [0.15, 0.2) is 24.3 Å². The van der Waals surface area contributed by atoms with Crippen molar-refractivity contribution in [1.29, 1.82) is 0 Å². The summed E-state index contributed by atoms with van der Waals surface area (Å²) in [4.78, 5) is 19.4. The van der Waals surface area contributed by atoms with Crippen LogP contribution in [0.3, 0.4) is 0 Å². The van der Waals surface area contributed by atoms with Crippen LogP contribution in [-0.4, -0.2) is 35.3 Å². The lowest BCUT2D eigenvalue weighted by Gasteiger charge is -2.10. The van der Waals surface area contributed by atoms with Crippen molar-refractivity contribution in [2.24, 2.45) is 0 Å². The Bertz CT molecular complexity index is 673. The molecule has 2 N–H and O–H groups in total. The number of hydrogen-bond donors (Lipinski definition) is 2. The van der Waals surface area contributed by atoms with Crippen molar-refractivity contribution >= 4 is 17.6 Å². The summed E-state index contributed by atoms with van der Waals surface area (Å²) in [6.45, 7) is 1.82. The fourth-order valence-electron chi connectivity index (χ4n) is 1.77. The lowest BCUT2D eigenvalue weighted by atomic mass is 10.2. The Morgan fingerprint density at radius 2 is 1.95 bits per heavy atom. The van der Waals surface area contributed by atoms with Crippen molar-refractivity contribution in [2.75, 3.05) is 19.5 Å². The molecule has 0 unspecified atom stereocenters. The predicted molar refractivity (Wildman–Crippen MR) is 76.6 cm³/mol. The number of methoxy groups -OCH3 is 2. The molecule has 0 saturated carbocycles. The van der Waals surface area contributed by atoms with Gasteiger partial charge in [-0.1, -0.05) is 0 Å². The Morgan fingerprint density at radius 1 is 1.19 bits per heavy atom. The van der Waals surface area contributed by atoms with Crippen LogP contribution in [0.1, 0.15) is 16.1 Å². The van der Waals surface area contributed by atoms with E-state index in [-0.39, 0.29) is 11.3 Å². The first kappa shape index (κ1) is 14.6. The van der Waals surface area contributed by atoms with Crippen molar-refractivity contribution in [3.63, 3.8) is 0 Å². The topological polar surface area (TPSA) is 93.6 Å². The number of rotatable bonds is 5. The number of hydrogen-bond acceptors (Lipinski definition) is 6. The van der Waals surface area contributed by atoms with Crippen LogP contribution in [0, 0.1) is 6.92 Å². The first-order valence-electron chi connectivity index (χ1n) is 6.11. The second kappa shape index (κ2) is 6.08. The number of carboxylic acid groups (broad SMARTS) is 1. The van der Waals surface area contributed by atoms with Gasteiger partial charge in [-0.15, -0.1) is 0 Å². The predicted octanol–water partition coefficient (Wildman–Crippen LogP) is 2.24. The standard InChI is InChI=1S/C14H15N3O4/c1-8-6-12(21-3)17-14(15-8)16-9-4-5-10(13(18)19)11(7-9)20-2/h4-7H,1-3H3,(H,18,19)(H,15,16,17). The molecular formula is C14H15N3O4. The summed E-state index contributed by atoms with van der Waals surface area (Å²) in [5.74, 6) is 0.00934. The molecule has 0 aliphatic heterocycles. The summed E-state index contributed by atoms with van der Waals surface area (Å²) in [5.41, 5.74) is 1.45. The van der Waals surface area contributed by atoms with Crippen LogP contribution < -0.4 is 14.8 Å². The highest BCUT2D eigenvalue weighted by Crippen LogP contribution is 2.25. The maximum Gasteiger partial charge on any atom is 0.339 e. The molecule has 110 valence electrons. The van der Waals surface area contributed by atoms with Gasteiger partial charge < -0.3 is 19.9 Å². The van der Waals surface area contributed by atoms with Gasteiger partial charge in [0, 0.05) is 23.5 Å². The van der Waals surface area contributed by atoms with E-state index in [0.29, 0.717) is 17.5 Å². The fourth-order valence-corrected chi connectivity index (χ4v) is 1.77. The van der Waals surface area contributed by atoms with E-state index in [0.717, 1.165) is 5.69 Å². The number of carbonyl (C=O) groups is 1. The number of nitrogens with zero attached hydrogens (tertiary/aromatic N) is 2. The van der Waals surface area contributed by atoms with Gasteiger partial charge in [0.05, 0.1) is 14.2 Å². The third kappa shape index (κ3) is 3.38. The zero-order chi connectivity index (χ0) is 15.4. The van der Waals surface area contributed by atoms with Gasteiger partial charge in [-0.25, -0.2) is 9.78 Å². The molecule has 0 spiro atoms. The minimum atomic E-state index is -1.05. The van der Waals surface area contributed by atoms with Crippen LogP contribution in [0.25, 0.3) is 0 Å². The quantitative estimate of drug-likeness (QED) is 0.871. The van der Waals surface area contributed by atoms with Crippen LogP contribution in [0.2, 0.25) is 0 Å². The van der Waals surface area contributed by atoms with Crippen molar-refractivity contribution in [1.82, 2.24) is 9.97 Å². The molecule has 2 aromatic rings. The van der Waals surface area contributed by atoms with E-state index in [1.165, 1.54) is 20.3 Å². The van der Waals surface area contributed by atoms with Gasteiger partial charge in [0.25, 0.3) is 0 Å². The van der Waals surface area contributed by atoms with Gasteiger partial charge in [-0.3, -0.25) is 0 Å². The maximum atomic E-state index is 11.0. The van der Waals surface area contributed by atoms with Crippen molar-refractivity contribution in [3.8, 4) is 11.6 Å². The van der Waals surface area contributed by atoms with Gasteiger partial charge in [0.15, 0.2) is 0 Å². The number of carboxylic acids is 1. The number of aromatic carboxylic acids is 1. The first-order valence-corrected chi connectivity index (χ1v) is 6.11. The van der Waals surface area contributed by atoms with E-state index in [1.807, 2.05) is 6.92 Å². The molecule has 1 aromatic carbocycles. The average Bonchev–Trinajstić information content (AvgIpc) is 2.46. The van der Waals surface area contributed by atoms with Gasteiger partial charge in [0.2, 0.25) is 11.8 Å². The summed E-state index contributed by atoms with van der Waals surface area (Å²) in [5, 5.41) is 12.0. The zero-order valence-corrected chi connectivity index (χ0v) is 11.9. The molecule has 0 bridgehead atoms. The number of nitrogens with one attached hydrogen (secondary N) is 1. The van der Waals surface area contributed by atoms with Crippen LogP contribution in [0.4, 0.5) is 11.6 Å². The van der Waals surface area contributed by atoms with Crippen molar-refractivity contribution < 1.29 is 19.4 Å². The Balaban J connectivity index is 2.31. The highest BCUT2D eigenvalue weighted by atomic mass is 16.5. The molecule has 7 nitrogen and oxygen atoms in total. The highest BCUT2D eigenvalue weighted by molar-refractivity contribution is 5.91. The molecular weight excluding hydrogens is 274 g/mol. The monoisotopic (exact) mass is 289 g/mol. The maximum absolute atomic E-state index is 11.0.